The molecule has 0 aromatic heterocycles. The number of amides is 2. The van der Waals surface area contributed by atoms with E-state index in [4.69, 9.17) is 4.74 Å². The number of rotatable bonds is 5. The molecule has 2 aliphatic rings. The number of carbonyl (C=O) groups excluding carboxylic acids is 1. The number of benzene rings is 1. The molecule has 7 nitrogen and oxygen atoms in total. The fraction of sp³-hybridized carbons (Fsp3) is 0.650. The first-order valence-electron chi connectivity index (χ1n) is 9.98. The Kier molecular flexibility index (Phi) is 6.50. The van der Waals surface area contributed by atoms with Crippen molar-refractivity contribution in [2.45, 2.75) is 44.4 Å². The molecule has 0 aliphatic carbocycles. The molecule has 1 aromatic carbocycles. The Bertz CT molecular complexity index is 796. The summed E-state index contributed by atoms with van der Waals surface area (Å²) in [6.07, 6.45) is 1.90. The van der Waals surface area contributed by atoms with E-state index >= 15 is 0 Å². The number of hydrogen-bond acceptors (Lipinski definition) is 4. The SMILES string of the molecule is COc1cccc(CCN2C[C@H]3CCN(C(=O)NC(C)C)CC[C@H]3S2(=O)=O)c1. The molecule has 2 fully saturated rings. The van der Waals surface area contributed by atoms with Gasteiger partial charge in [0, 0.05) is 32.2 Å². The van der Waals surface area contributed by atoms with Crippen LogP contribution in [-0.2, 0) is 16.4 Å². The Morgan fingerprint density at radius 2 is 2.04 bits per heavy atom. The molecule has 2 atom stereocenters. The second-order valence-electron chi connectivity index (χ2n) is 7.97. The zero-order chi connectivity index (χ0) is 20.3. The Hall–Kier alpha value is -1.80. The number of ether oxygens (including phenoxy) is 1. The van der Waals surface area contributed by atoms with Gasteiger partial charge in [0.2, 0.25) is 10.0 Å². The van der Waals surface area contributed by atoms with E-state index < -0.39 is 10.0 Å². The fourth-order valence-electron chi connectivity index (χ4n) is 4.14. The van der Waals surface area contributed by atoms with Gasteiger partial charge in [0.25, 0.3) is 0 Å². The topological polar surface area (TPSA) is 79.0 Å². The highest BCUT2D eigenvalue weighted by Crippen LogP contribution is 2.34. The van der Waals surface area contributed by atoms with Gasteiger partial charge in [0.1, 0.15) is 5.75 Å². The maximum absolute atomic E-state index is 13.1. The normalized spacial score (nSPS) is 24.6. The average molecular weight is 410 g/mol. The zero-order valence-corrected chi connectivity index (χ0v) is 17.7. The number of urea groups is 1. The number of likely N-dealkylation sites (tertiary alicyclic amines) is 1. The van der Waals surface area contributed by atoms with Gasteiger partial charge in [0.15, 0.2) is 0 Å². The molecule has 0 spiro atoms. The molecular formula is C20H31N3O4S. The van der Waals surface area contributed by atoms with E-state index in [9.17, 15) is 13.2 Å². The van der Waals surface area contributed by atoms with Crippen molar-refractivity contribution in [1.82, 2.24) is 14.5 Å². The molecule has 156 valence electrons. The average Bonchev–Trinajstić information content (AvgIpc) is 2.79. The highest BCUT2D eigenvalue weighted by molar-refractivity contribution is 7.90. The minimum absolute atomic E-state index is 0.0751. The monoisotopic (exact) mass is 409 g/mol. The number of methoxy groups -OCH3 is 1. The van der Waals surface area contributed by atoms with Gasteiger partial charge in [0.05, 0.1) is 12.4 Å². The predicted octanol–water partition coefficient (Wildman–Crippen LogP) is 2.08. The first kappa shape index (κ1) is 20.9. The van der Waals surface area contributed by atoms with Crippen LogP contribution in [0, 0.1) is 5.92 Å². The maximum atomic E-state index is 13.1. The lowest BCUT2D eigenvalue weighted by Crippen LogP contribution is -2.44. The van der Waals surface area contributed by atoms with E-state index in [1.807, 2.05) is 38.1 Å². The van der Waals surface area contributed by atoms with Crippen molar-refractivity contribution in [2.24, 2.45) is 5.92 Å². The third-order valence-electron chi connectivity index (χ3n) is 5.64. The molecule has 0 unspecified atom stereocenters. The third kappa shape index (κ3) is 4.60. The molecule has 0 bridgehead atoms. The summed E-state index contributed by atoms with van der Waals surface area (Å²) >= 11 is 0. The smallest absolute Gasteiger partial charge is 0.317 e. The van der Waals surface area contributed by atoms with Crippen molar-refractivity contribution < 1.29 is 17.9 Å². The molecule has 1 aromatic rings. The van der Waals surface area contributed by atoms with Crippen LogP contribution in [0.25, 0.3) is 0 Å². The van der Waals surface area contributed by atoms with Crippen molar-refractivity contribution >= 4 is 16.1 Å². The Balaban J connectivity index is 1.61. The van der Waals surface area contributed by atoms with E-state index in [1.54, 1.807) is 16.3 Å². The Morgan fingerprint density at radius 3 is 2.75 bits per heavy atom. The van der Waals surface area contributed by atoms with Crippen LogP contribution in [0.3, 0.4) is 0 Å². The van der Waals surface area contributed by atoms with Crippen LogP contribution in [0.2, 0.25) is 0 Å². The van der Waals surface area contributed by atoms with Gasteiger partial charge in [-0.25, -0.2) is 17.5 Å². The van der Waals surface area contributed by atoms with Gasteiger partial charge in [-0.05, 0) is 56.7 Å². The molecule has 2 amide bonds. The summed E-state index contributed by atoms with van der Waals surface area (Å²) in [4.78, 5) is 14.0. The van der Waals surface area contributed by atoms with Gasteiger partial charge < -0.3 is 15.0 Å². The maximum Gasteiger partial charge on any atom is 0.317 e. The molecular weight excluding hydrogens is 378 g/mol. The standard InChI is InChI=1S/C20H31N3O4S/c1-15(2)21-20(24)22-10-8-17-14-23(28(25,26)19(17)9-11-22)12-7-16-5-4-6-18(13-16)27-3/h4-6,13,15,17,19H,7-12,14H2,1-3H3,(H,21,24)/t17-,19-/m1/s1. The summed E-state index contributed by atoms with van der Waals surface area (Å²) in [5.41, 5.74) is 1.07. The zero-order valence-electron chi connectivity index (χ0n) is 16.9. The van der Waals surface area contributed by atoms with E-state index in [1.165, 1.54) is 0 Å². The summed E-state index contributed by atoms with van der Waals surface area (Å²) in [7, 11) is -1.70. The Morgan fingerprint density at radius 1 is 1.29 bits per heavy atom. The summed E-state index contributed by atoms with van der Waals surface area (Å²) in [6.45, 7) is 5.99. The van der Waals surface area contributed by atoms with Crippen LogP contribution in [0.4, 0.5) is 4.79 Å². The molecule has 2 saturated heterocycles. The molecule has 8 heteroatoms. The van der Waals surface area contributed by atoms with Crippen LogP contribution < -0.4 is 10.1 Å². The van der Waals surface area contributed by atoms with Crippen LogP contribution in [-0.4, -0.2) is 68.2 Å². The molecule has 2 heterocycles. The Labute approximate surface area is 168 Å². The molecule has 28 heavy (non-hydrogen) atoms. The van der Waals surface area contributed by atoms with Crippen LogP contribution in [0.15, 0.2) is 24.3 Å². The van der Waals surface area contributed by atoms with Crippen molar-refractivity contribution in [2.75, 3.05) is 33.3 Å². The van der Waals surface area contributed by atoms with Crippen molar-refractivity contribution in [3.8, 4) is 5.75 Å². The fourth-order valence-corrected chi connectivity index (χ4v) is 6.38. The van der Waals surface area contributed by atoms with E-state index in [-0.39, 0.29) is 23.2 Å². The van der Waals surface area contributed by atoms with E-state index in [0.29, 0.717) is 39.0 Å². The van der Waals surface area contributed by atoms with Crippen LogP contribution in [0.1, 0.15) is 32.3 Å². The minimum Gasteiger partial charge on any atom is -0.497 e. The first-order valence-corrected chi connectivity index (χ1v) is 11.5. The van der Waals surface area contributed by atoms with Crippen LogP contribution >= 0.6 is 0 Å². The van der Waals surface area contributed by atoms with Crippen molar-refractivity contribution in [3.05, 3.63) is 29.8 Å². The number of sulfonamides is 1. The molecule has 3 rings (SSSR count). The largest absolute Gasteiger partial charge is 0.497 e. The quantitative estimate of drug-likeness (QED) is 0.808. The van der Waals surface area contributed by atoms with E-state index in [2.05, 4.69) is 5.32 Å². The number of hydrogen-bond donors (Lipinski definition) is 1. The van der Waals surface area contributed by atoms with Gasteiger partial charge in [-0.2, -0.15) is 0 Å². The molecule has 0 radical (unpaired) electrons. The number of nitrogens with zero attached hydrogens (tertiary/aromatic N) is 2. The van der Waals surface area contributed by atoms with E-state index in [0.717, 1.165) is 17.7 Å². The lowest BCUT2D eigenvalue weighted by atomic mass is 10.0. The van der Waals surface area contributed by atoms with Crippen molar-refractivity contribution in [3.63, 3.8) is 0 Å². The predicted molar refractivity (Wildman–Crippen MR) is 109 cm³/mol. The molecule has 1 N–H and O–H groups in total. The summed E-state index contributed by atoms with van der Waals surface area (Å²) in [5, 5.41) is 2.52. The lowest BCUT2D eigenvalue weighted by Gasteiger charge is -2.23. The lowest BCUT2D eigenvalue weighted by molar-refractivity contribution is 0.196. The third-order valence-corrected chi connectivity index (χ3v) is 8.08. The number of carbonyl (C=O) groups is 1. The minimum atomic E-state index is -3.33. The van der Waals surface area contributed by atoms with Gasteiger partial charge >= 0.3 is 6.03 Å². The van der Waals surface area contributed by atoms with Crippen molar-refractivity contribution in [1.29, 1.82) is 0 Å². The highest BCUT2D eigenvalue weighted by atomic mass is 32.2. The highest BCUT2D eigenvalue weighted by Gasteiger charge is 2.46. The second-order valence-corrected chi connectivity index (χ2v) is 10.1. The number of nitrogens with one attached hydrogen (secondary N) is 1. The number of fused-ring (bicyclic) bond motifs is 1. The molecule has 0 saturated carbocycles. The van der Waals surface area contributed by atoms with Crippen LogP contribution in [0.5, 0.6) is 5.75 Å². The first-order chi connectivity index (χ1) is 13.3. The molecule has 2 aliphatic heterocycles. The second kappa shape index (κ2) is 8.69. The van der Waals surface area contributed by atoms with Gasteiger partial charge in [-0.15, -0.1) is 0 Å². The van der Waals surface area contributed by atoms with Gasteiger partial charge in [-0.3, -0.25) is 0 Å². The summed E-state index contributed by atoms with van der Waals surface area (Å²) in [5.74, 6) is 0.874. The van der Waals surface area contributed by atoms with Gasteiger partial charge in [-0.1, -0.05) is 12.1 Å². The summed E-state index contributed by atoms with van der Waals surface area (Å²) in [6, 6.07) is 7.73. The summed E-state index contributed by atoms with van der Waals surface area (Å²) < 4.78 is 33.0.